The van der Waals surface area contributed by atoms with Gasteiger partial charge in [0.25, 0.3) is 0 Å². The molecule has 2 aromatic carbocycles. The third kappa shape index (κ3) is 8.96. The second-order valence-electron chi connectivity index (χ2n) is 8.85. The van der Waals surface area contributed by atoms with Gasteiger partial charge in [-0.15, -0.1) is 0 Å². The van der Waals surface area contributed by atoms with E-state index in [9.17, 15) is 9.59 Å². The van der Waals surface area contributed by atoms with Gasteiger partial charge in [-0.3, -0.25) is 0 Å². The summed E-state index contributed by atoms with van der Waals surface area (Å²) in [5.41, 5.74) is 2.10. The van der Waals surface area contributed by atoms with Crippen LogP contribution in [0.2, 0.25) is 0 Å². The van der Waals surface area contributed by atoms with Crippen molar-refractivity contribution in [2.24, 2.45) is 0 Å². The Morgan fingerprint density at radius 1 is 0.743 bits per heavy atom. The molecule has 0 aliphatic heterocycles. The average molecular weight is 481 g/mol. The fraction of sp³-hybridized carbons (Fsp3) is 0.379. The Kier molecular flexibility index (Phi) is 10.6. The van der Waals surface area contributed by atoms with Crippen molar-refractivity contribution in [2.75, 3.05) is 13.2 Å². The Hall–Kier alpha value is -3.54. The largest absolute Gasteiger partial charge is 0.493 e. The van der Waals surface area contributed by atoms with Crippen LogP contribution in [0.1, 0.15) is 51.7 Å². The van der Waals surface area contributed by atoms with Crippen molar-refractivity contribution in [1.82, 2.24) is 0 Å². The van der Waals surface area contributed by atoms with Gasteiger partial charge in [0.05, 0.1) is 13.2 Å². The summed E-state index contributed by atoms with van der Waals surface area (Å²) >= 11 is 0. The molecule has 35 heavy (non-hydrogen) atoms. The lowest BCUT2D eigenvalue weighted by Crippen LogP contribution is -2.19. The van der Waals surface area contributed by atoms with Gasteiger partial charge in [-0.1, -0.05) is 51.3 Å². The second-order valence-corrected chi connectivity index (χ2v) is 8.85. The summed E-state index contributed by atoms with van der Waals surface area (Å²) < 4.78 is 21.9. The number of carbonyl (C=O) groups is 2. The summed E-state index contributed by atoms with van der Waals surface area (Å²) in [5, 5.41) is 0. The minimum atomic E-state index is -0.426. The summed E-state index contributed by atoms with van der Waals surface area (Å²) in [6.45, 7) is 15.7. The van der Waals surface area contributed by atoms with Crippen LogP contribution in [-0.2, 0) is 24.5 Å². The summed E-state index contributed by atoms with van der Waals surface area (Å²) in [7, 11) is 0. The molecule has 2 rings (SSSR count). The van der Waals surface area contributed by atoms with Crippen molar-refractivity contribution in [3.8, 4) is 11.5 Å². The minimum Gasteiger partial charge on any atom is -0.493 e. The zero-order chi connectivity index (χ0) is 25.8. The normalized spacial score (nSPS) is 12.7. The molecule has 188 valence electrons. The van der Waals surface area contributed by atoms with Gasteiger partial charge in [0.15, 0.2) is 0 Å². The first-order valence-electron chi connectivity index (χ1n) is 11.8. The number of hydrogen-bond acceptors (Lipinski definition) is 6. The predicted molar refractivity (Wildman–Crippen MR) is 137 cm³/mol. The Bertz CT molecular complexity index is 896. The number of hydrogen-bond donors (Lipinski definition) is 0. The van der Waals surface area contributed by atoms with Crippen LogP contribution >= 0.6 is 0 Å². The molecule has 2 atom stereocenters. The maximum absolute atomic E-state index is 11.2. The van der Waals surface area contributed by atoms with Crippen molar-refractivity contribution in [2.45, 2.75) is 58.2 Å². The molecule has 6 nitrogen and oxygen atoms in total. The highest BCUT2D eigenvalue weighted by Gasteiger charge is 2.23. The molecular formula is C29H36O6. The van der Waals surface area contributed by atoms with Crippen LogP contribution < -0.4 is 9.47 Å². The van der Waals surface area contributed by atoms with Gasteiger partial charge in [-0.05, 0) is 49.2 Å². The number of ether oxygens (including phenoxy) is 4. The van der Waals surface area contributed by atoms with Crippen LogP contribution in [0.3, 0.4) is 0 Å². The first-order valence-corrected chi connectivity index (χ1v) is 11.8. The van der Waals surface area contributed by atoms with E-state index in [1.54, 1.807) is 0 Å². The molecule has 2 aromatic rings. The molecule has 0 aliphatic rings. The van der Waals surface area contributed by atoms with E-state index in [2.05, 4.69) is 51.3 Å². The van der Waals surface area contributed by atoms with Gasteiger partial charge >= 0.3 is 11.9 Å². The van der Waals surface area contributed by atoms with Crippen LogP contribution in [0.4, 0.5) is 0 Å². The van der Waals surface area contributed by atoms with E-state index in [4.69, 9.17) is 18.9 Å². The van der Waals surface area contributed by atoms with Crippen LogP contribution in [0.5, 0.6) is 11.5 Å². The number of benzene rings is 2. The molecule has 0 saturated heterocycles. The molecule has 0 spiro atoms. The van der Waals surface area contributed by atoms with Crippen molar-refractivity contribution in [3.05, 3.63) is 85.0 Å². The van der Waals surface area contributed by atoms with Crippen LogP contribution in [0.15, 0.2) is 73.8 Å². The highest BCUT2D eigenvalue weighted by atomic mass is 16.5. The average Bonchev–Trinajstić information content (AvgIpc) is 2.84. The molecule has 0 N–H and O–H groups in total. The maximum atomic E-state index is 11.2. The molecule has 0 amide bonds. The highest BCUT2D eigenvalue weighted by molar-refractivity contribution is 5.81. The topological polar surface area (TPSA) is 71.1 Å². The van der Waals surface area contributed by atoms with Crippen molar-refractivity contribution < 1.29 is 28.5 Å². The second kappa shape index (κ2) is 13.4. The van der Waals surface area contributed by atoms with Crippen molar-refractivity contribution in [3.63, 3.8) is 0 Å². The molecule has 0 saturated carbocycles. The first kappa shape index (κ1) is 27.7. The standard InChI is InChI=1S/C29H36O6/c1-7-27(30)34-21(3)17-19-32-25-13-9-23(10-14-25)29(5,6)24-11-15-26(16-12-24)33-20-18-22(4)35-28(31)8-2/h7-16,21-22H,1-2,17-20H2,3-6H3. The Morgan fingerprint density at radius 2 is 1.09 bits per heavy atom. The molecule has 0 aromatic heterocycles. The van der Waals surface area contributed by atoms with Gasteiger partial charge < -0.3 is 18.9 Å². The molecule has 0 fully saturated rings. The maximum Gasteiger partial charge on any atom is 0.330 e. The molecule has 0 heterocycles. The molecule has 2 unspecified atom stereocenters. The molecule has 0 radical (unpaired) electrons. The first-order chi connectivity index (χ1) is 16.6. The van der Waals surface area contributed by atoms with Gasteiger partial charge in [0, 0.05) is 30.4 Å². The lowest BCUT2D eigenvalue weighted by Gasteiger charge is -2.26. The number of rotatable bonds is 14. The number of esters is 2. The molecule has 0 aliphatic carbocycles. The predicted octanol–water partition coefficient (Wildman–Crippen LogP) is 5.79. The quantitative estimate of drug-likeness (QED) is 0.252. The third-order valence-corrected chi connectivity index (χ3v) is 5.71. The van der Waals surface area contributed by atoms with Gasteiger partial charge in [-0.25, -0.2) is 9.59 Å². The van der Waals surface area contributed by atoms with Crippen molar-refractivity contribution >= 4 is 11.9 Å². The monoisotopic (exact) mass is 480 g/mol. The van der Waals surface area contributed by atoms with Gasteiger partial charge in [-0.2, -0.15) is 0 Å². The van der Waals surface area contributed by atoms with E-state index < -0.39 is 11.9 Å². The van der Waals surface area contributed by atoms with Gasteiger partial charge in [0.2, 0.25) is 0 Å². The van der Waals surface area contributed by atoms with E-state index in [-0.39, 0.29) is 17.6 Å². The van der Waals surface area contributed by atoms with E-state index in [0.29, 0.717) is 26.1 Å². The van der Waals surface area contributed by atoms with Gasteiger partial charge in [0.1, 0.15) is 23.7 Å². The zero-order valence-electron chi connectivity index (χ0n) is 21.1. The fourth-order valence-corrected chi connectivity index (χ4v) is 3.40. The zero-order valence-corrected chi connectivity index (χ0v) is 21.1. The van der Waals surface area contributed by atoms with Crippen LogP contribution in [0.25, 0.3) is 0 Å². The van der Waals surface area contributed by atoms with E-state index in [0.717, 1.165) is 34.8 Å². The summed E-state index contributed by atoms with van der Waals surface area (Å²) in [4.78, 5) is 22.5. The van der Waals surface area contributed by atoms with Crippen LogP contribution in [-0.4, -0.2) is 37.4 Å². The van der Waals surface area contributed by atoms with Crippen LogP contribution in [0, 0.1) is 0 Å². The fourth-order valence-electron chi connectivity index (χ4n) is 3.40. The third-order valence-electron chi connectivity index (χ3n) is 5.71. The SMILES string of the molecule is C=CC(=O)OC(C)CCOc1ccc(C(C)(C)c2ccc(OCCC(C)OC(=O)C=C)cc2)cc1. The lowest BCUT2D eigenvalue weighted by molar-refractivity contribution is -0.143. The molecule has 6 heteroatoms. The number of carbonyl (C=O) groups excluding carboxylic acids is 2. The Labute approximate surface area is 208 Å². The van der Waals surface area contributed by atoms with E-state index in [1.165, 1.54) is 0 Å². The Morgan fingerprint density at radius 3 is 1.40 bits per heavy atom. The highest BCUT2D eigenvalue weighted by Crippen LogP contribution is 2.33. The van der Waals surface area contributed by atoms with E-state index in [1.807, 2.05) is 38.1 Å². The lowest BCUT2D eigenvalue weighted by atomic mass is 9.78. The smallest absolute Gasteiger partial charge is 0.330 e. The summed E-state index contributed by atoms with van der Waals surface area (Å²) in [6, 6.07) is 16.1. The molecule has 0 bridgehead atoms. The molecular weight excluding hydrogens is 444 g/mol. The minimum absolute atomic E-state index is 0.210. The van der Waals surface area contributed by atoms with E-state index >= 15 is 0 Å². The summed E-state index contributed by atoms with van der Waals surface area (Å²) in [6.07, 6.45) is 3.05. The van der Waals surface area contributed by atoms with Crippen molar-refractivity contribution in [1.29, 1.82) is 0 Å². The summed E-state index contributed by atoms with van der Waals surface area (Å²) in [5.74, 6) is 0.682. The Balaban J connectivity index is 1.87.